The number of benzene rings is 2. The number of rotatable bonds is 6. The Hall–Kier alpha value is -1.28. The summed E-state index contributed by atoms with van der Waals surface area (Å²) in [5, 5.41) is 2.73. The number of aromatic nitrogens is 1. The Morgan fingerprint density at radius 3 is 2.50 bits per heavy atom. The monoisotopic (exact) mass is 357 g/mol. The van der Waals surface area contributed by atoms with Crippen molar-refractivity contribution in [2.75, 3.05) is 0 Å². The van der Waals surface area contributed by atoms with Gasteiger partial charge in [0.2, 0.25) is 0 Å². The van der Waals surface area contributed by atoms with Gasteiger partial charge in [-0.2, -0.15) is 0 Å². The first-order valence-electron chi connectivity index (χ1n) is 8.44. The standard InChI is InChI=1S/C20H24BrN/c1-3-5-6-9-16(4-2)22-19-11-8-7-10-17(19)18-14-15(21)12-13-20(18)22/h7-8,10-14,16H,3-6,9H2,1-2H3. The van der Waals surface area contributed by atoms with Gasteiger partial charge in [-0.1, -0.05) is 67.2 Å². The molecule has 2 aromatic carbocycles. The molecule has 0 aliphatic rings. The Morgan fingerprint density at radius 1 is 0.955 bits per heavy atom. The van der Waals surface area contributed by atoms with Gasteiger partial charge in [0.1, 0.15) is 0 Å². The van der Waals surface area contributed by atoms with E-state index < -0.39 is 0 Å². The third kappa shape index (κ3) is 2.81. The molecule has 3 aromatic rings. The van der Waals surface area contributed by atoms with E-state index in [1.807, 2.05) is 0 Å². The molecule has 0 spiro atoms. The van der Waals surface area contributed by atoms with Crippen molar-refractivity contribution in [3.63, 3.8) is 0 Å². The van der Waals surface area contributed by atoms with E-state index in [1.54, 1.807) is 0 Å². The van der Waals surface area contributed by atoms with Crippen LogP contribution in [0.25, 0.3) is 21.8 Å². The van der Waals surface area contributed by atoms with Crippen LogP contribution in [0, 0.1) is 0 Å². The predicted molar refractivity (Wildman–Crippen MR) is 101 cm³/mol. The van der Waals surface area contributed by atoms with Gasteiger partial charge in [-0.25, -0.2) is 0 Å². The molecule has 116 valence electrons. The van der Waals surface area contributed by atoms with Gasteiger partial charge in [0.05, 0.1) is 0 Å². The number of hydrogen-bond donors (Lipinski definition) is 0. The molecule has 0 amide bonds. The van der Waals surface area contributed by atoms with Crippen LogP contribution in [0.15, 0.2) is 46.9 Å². The fourth-order valence-corrected chi connectivity index (χ4v) is 3.88. The van der Waals surface area contributed by atoms with E-state index in [2.05, 4.69) is 76.8 Å². The molecular weight excluding hydrogens is 334 g/mol. The van der Waals surface area contributed by atoms with E-state index in [9.17, 15) is 0 Å². The van der Waals surface area contributed by atoms with Crippen LogP contribution in [0.2, 0.25) is 0 Å². The van der Waals surface area contributed by atoms with Crippen molar-refractivity contribution in [3.8, 4) is 0 Å². The fraction of sp³-hybridized carbons (Fsp3) is 0.400. The molecule has 0 aliphatic carbocycles. The molecule has 0 saturated carbocycles. The average molecular weight is 358 g/mol. The lowest BCUT2D eigenvalue weighted by atomic mass is 10.1. The number of para-hydroxylation sites is 1. The zero-order valence-corrected chi connectivity index (χ0v) is 15.1. The van der Waals surface area contributed by atoms with Crippen molar-refractivity contribution < 1.29 is 0 Å². The predicted octanol–water partition coefficient (Wildman–Crippen LogP) is 7.09. The summed E-state index contributed by atoms with van der Waals surface area (Å²) in [5.74, 6) is 0. The van der Waals surface area contributed by atoms with E-state index in [0.29, 0.717) is 6.04 Å². The van der Waals surface area contributed by atoms with Crippen LogP contribution in [0.4, 0.5) is 0 Å². The molecule has 1 unspecified atom stereocenters. The summed E-state index contributed by atoms with van der Waals surface area (Å²) in [6, 6.07) is 16.1. The molecule has 1 nitrogen and oxygen atoms in total. The van der Waals surface area contributed by atoms with Crippen LogP contribution in [0.5, 0.6) is 0 Å². The molecule has 0 saturated heterocycles. The maximum atomic E-state index is 3.62. The summed E-state index contributed by atoms with van der Waals surface area (Å²) in [6.45, 7) is 4.59. The van der Waals surface area contributed by atoms with Crippen LogP contribution < -0.4 is 0 Å². The van der Waals surface area contributed by atoms with Crippen LogP contribution >= 0.6 is 15.9 Å². The molecule has 0 N–H and O–H groups in total. The van der Waals surface area contributed by atoms with Crippen molar-refractivity contribution in [3.05, 3.63) is 46.9 Å². The largest absolute Gasteiger partial charge is 0.337 e. The van der Waals surface area contributed by atoms with Gasteiger partial charge < -0.3 is 4.57 Å². The summed E-state index contributed by atoms with van der Waals surface area (Å²) in [4.78, 5) is 0. The molecular formula is C20H24BrN. The van der Waals surface area contributed by atoms with Gasteiger partial charge in [-0.15, -0.1) is 0 Å². The maximum absolute atomic E-state index is 3.62. The van der Waals surface area contributed by atoms with Crippen molar-refractivity contribution >= 4 is 37.7 Å². The molecule has 1 aromatic heterocycles. The summed E-state index contributed by atoms with van der Waals surface area (Å²) in [6.07, 6.45) is 6.40. The van der Waals surface area contributed by atoms with E-state index in [4.69, 9.17) is 0 Å². The van der Waals surface area contributed by atoms with E-state index >= 15 is 0 Å². The second-order valence-electron chi connectivity index (χ2n) is 6.11. The summed E-state index contributed by atoms with van der Waals surface area (Å²) in [7, 11) is 0. The van der Waals surface area contributed by atoms with Gasteiger partial charge in [-0.05, 0) is 37.1 Å². The quantitative estimate of drug-likeness (QED) is 0.415. The SMILES string of the molecule is CCCCCC(CC)n1c2ccccc2c2cc(Br)ccc21. The highest BCUT2D eigenvalue weighted by Crippen LogP contribution is 2.35. The Balaban J connectivity index is 2.16. The van der Waals surface area contributed by atoms with E-state index in [-0.39, 0.29) is 0 Å². The normalized spacial score (nSPS) is 13.0. The van der Waals surface area contributed by atoms with E-state index in [1.165, 1.54) is 53.9 Å². The summed E-state index contributed by atoms with van der Waals surface area (Å²) >= 11 is 3.62. The van der Waals surface area contributed by atoms with Crippen LogP contribution in [-0.4, -0.2) is 4.57 Å². The van der Waals surface area contributed by atoms with Crippen LogP contribution in [0.1, 0.15) is 52.0 Å². The zero-order chi connectivity index (χ0) is 15.5. The van der Waals surface area contributed by atoms with Crippen molar-refractivity contribution in [2.24, 2.45) is 0 Å². The number of hydrogen-bond acceptors (Lipinski definition) is 0. The van der Waals surface area contributed by atoms with Gasteiger partial charge in [-0.3, -0.25) is 0 Å². The summed E-state index contributed by atoms with van der Waals surface area (Å²) < 4.78 is 3.73. The minimum atomic E-state index is 0.593. The third-order valence-electron chi connectivity index (χ3n) is 4.65. The molecule has 0 aliphatic heterocycles. The number of fused-ring (bicyclic) bond motifs is 3. The lowest BCUT2D eigenvalue weighted by Gasteiger charge is -2.20. The smallest absolute Gasteiger partial charge is 0.0494 e. The number of unbranched alkanes of at least 4 members (excludes halogenated alkanes) is 2. The number of halogens is 1. The molecule has 22 heavy (non-hydrogen) atoms. The molecule has 1 atom stereocenters. The highest BCUT2D eigenvalue weighted by Gasteiger charge is 2.16. The molecule has 0 radical (unpaired) electrons. The molecule has 0 fully saturated rings. The second kappa shape index (κ2) is 6.87. The highest BCUT2D eigenvalue weighted by molar-refractivity contribution is 9.10. The zero-order valence-electron chi connectivity index (χ0n) is 13.5. The lowest BCUT2D eigenvalue weighted by molar-refractivity contribution is 0.451. The Labute approximate surface area is 141 Å². The maximum Gasteiger partial charge on any atom is 0.0494 e. The topological polar surface area (TPSA) is 4.93 Å². The minimum absolute atomic E-state index is 0.593. The Morgan fingerprint density at radius 2 is 1.73 bits per heavy atom. The third-order valence-corrected chi connectivity index (χ3v) is 5.14. The Bertz CT molecular complexity index is 772. The van der Waals surface area contributed by atoms with Crippen LogP contribution in [-0.2, 0) is 0 Å². The number of nitrogens with zero attached hydrogens (tertiary/aromatic N) is 1. The first kappa shape index (κ1) is 15.6. The Kier molecular flexibility index (Phi) is 4.87. The van der Waals surface area contributed by atoms with Crippen molar-refractivity contribution in [1.82, 2.24) is 4.57 Å². The fourth-order valence-electron chi connectivity index (χ4n) is 3.51. The molecule has 0 bridgehead atoms. The molecule has 3 rings (SSSR count). The highest BCUT2D eigenvalue weighted by atomic mass is 79.9. The first-order valence-corrected chi connectivity index (χ1v) is 9.23. The molecule has 1 heterocycles. The van der Waals surface area contributed by atoms with Crippen LogP contribution in [0.3, 0.4) is 0 Å². The summed E-state index contributed by atoms with van der Waals surface area (Å²) in [5.41, 5.74) is 2.74. The minimum Gasteiger partial charge on any atom is -0.337 e. The molecule has 2 heteroatoms. The van der Waals surface area contributed by atoms with Gasteiger partial charge in [0.15, 0.2) is 0 Å². The lowest BCUT2D eigenvalue weighted by Crippen LogP contribution is -2.07. The van der Waals surface area contributed by atoms with Gasteiger partial charge in [0.25, 0.3) is 0 Å². The average Bonchev–Trinajstić information content (AvgIpc) is 2.86. The second-order valence-corrected chi connectivity index (χ2v) is 7.02. The van der Waals surface area contributed by atoms with E-state index in [0.717, 1.165) is 4.47 Å². The first-order chi connectivity index (χ1) is 10.8. The van der Waals surface area contributed by atoms with Gasteiger partial charge in [0, 0.05) is 32.3 Å². The van der Waals surface area contributed by atoms with Gasteiger partial charge >= 0.3 is 0 Å². The van der Waals surface area contributed by atoms with Crippen molar-refractivity contribution in [2.45, 2.75) is 52.0 Å². The van der Waals surface area contributed by atoms with Crippen molar-refractivity contribution in [1.29, 1.82) is 0 Å².